The predicted molar refractivity (Wildman–Crippen MR) is 126 cm³/mol. The molecule has 0 saturated heterocycles. The van der Waals surface area contributed by atoms with E-state index in [9.17, 15) is 14.4 Å². The van der Waals surface area contributed by atoms with E-state index in [0.29, 0.717) is 34.1 Å². The third-order valence-electron chi connectivity index (χ3n) is 5.70. The molecule has 0 heterocycles. The van der Waals surface area contributed by atoms with E-state index < -0.39 is 0 Å². The van der Waals surface area contributed by atoms with Crippen molar-refractivity contribution in [2.24, 2.45) is 11.8 Å². The van der Waals surface area contributed by atoms with Crippen molar-refractivity contribution in [3.8, 4) is 0 Å². The van der Waals surface area contributed by atoms with Gasteiger partial charge in [-0.05, 0) is 67.3 Å². The summed E-state index contributed by atoms with van der Waals surface area (Å²) in [7, 11) is 0. The van der Waals surface area contributed by atoms with Crippen molar-refractivity contribution in [2.45, 2.75) is 20.3 Å². The molecule has 3 aromatic carbocycles. The van der Waals surface area contributed by atoms with Gasteiger partial charge in [-0.3, -0.25) is 14.4 Å². The average molecular weight is 428 g/mol. The molecule has 1 aliphatic carbocycles. The van der Waals surface area contributed by atoms with E-state index in [1.165, 1.54) is 0 Å². The van der Waals surface area contributed by atoms with E-state index in [-0.39, 0.29) is 23.6 Å². The van der Waals surface area contributed by atoms with Crippen molar-refractivity contribution in [3.05, 3.63) is 89.5 Å². The highest BCUT2D eigenvalue weighted by Crippen LogP contribution is 2.38. The number of nitrogens with one attached hydrogen (secondary N) is 3. The Morgan fingerprint density at radius 2 is 1.31 bits per heavy atom. The van der Waals surface area contributed by atoms with Gasteiger partial charge in [-0.1, -0.05) is 37.3 Å². The summed E-state index contributed by atoms with van der Waals surface area (Å²) >= 11 is 0. The maximum absolute atomic E-state index is 12.8. The van der Waals surface area contributed by atoms with Crippen LogP contribution in [0.2, 0.25) is 0 Å². The minimum atomic E-state index is -0.296. The van der Waals surface area contributed by atoms with Gasteiger partial charge in [0.2, 0.25) is 5.91 Å². The molecule has 1 saturated carbocycles. The second kappa shape index (κ2) is 9.06. The lowest BCUT2D eigenvalue weighted by molar-refractivity contribution is -0.117. The normalized spacial score (nSPS) is 16.7. The zero-order valence-corrected chi connectivity index (χ0v) is 18.0. The van der Waals surface area contributed by atoms with Crippen LogP contribution in [-0.4, -0.2) is 17.7 Å². The molecule has 2 unspecified atom stereocenters. The second-order valence-electron chi connectivity index (χ2n) is 8.14. The topological polar surface area (TPSA) is 87.3 Å². The largest absolute Gasteiger partial charge is 0.326 e. The summed E-state index contributed by atoms with van der Waals surface area (Å²) in [6.07, 6.45) is 0.905. The molecule has 0 radical (unpaired) electrons. The van der Waals surface area contributed by atoms with Crippen LogP contribution in [0.1, 0.15) is 39.6 Å². The van der Waals surface area contributed by atoms with Crippen LogP contribution < -0.4 is 16.0 Å². The quantitative estimate of drug-likeness (QED) is 0.512. The van der Waals surface area contributed by atoms with E-state index in [1.807, 2.05) is 19.9 Å². The molecule has 32 heavy (non-hydrogen) atoms. The Kier molecular flexibility index (Phi) is 6.03. The number of carbonyl (C=O) groups excluding carboxylic acids is 3. The van der Waals surface area contributed by atoms with Crippen molar-refractivity contribution in [3.63, 3.8) is 0 Å². The second-order valence-corrected chi connectivity index (χ2v) is 8.14. The zero-order valence-electron chi connectivity index (χ0n) is 18.0. The van der Waals surface area contributed by atoms with Gasteiger partial charge in [-0.25, -0.2) is 0 Å². The lowest BCUT2D eigenvalue weighted by Crippen LogP contribution is -2.17. The molecule has 3 N–H and O–H groups in total. The van der Waals surface area contributed by atoms with Gasteiger partial charge in [0.15, 0.2) is 0 Å². The summed E-state index contributed by atoms with van der Waals surface area (Å²) in [6.45, 7) is 3.89. The molecule has 0 aliphatic heterocycles. The first-order chi connectivity index (χ1) is 15.4. The first-order valence-corrected chi connectivity index (χ1v) is 10.6. The molecule has 6 heteroatoms. The van der Waals surface area contributed by atoms with Crippen LogP contribution in [0.15, 0.2) is 72.8 Å². The third-order valence-corrected chi connectivity index (χ3v) is 5.70. The number of hydrogen-bond acceptors (Lipinski definition) is 3. The number of benzene rings is 3. The van der Waals surface area contributed by atoms with Gasteiger partial charge in [-0.2, -0.15) is 0 Å². The standard InChI is InChI=1S/C26H25N3O3/c1-16-14-21(16)26(32)27-20-11-6-10-19(15-20)25(31)29-23-13-7-12-22(17(23)2)28-24(30)18-8-4-3-5-9-18/h3-13,15-16,21H,14H2,1-2H3,(H,27,32)(H,28,30)(H,29,31). The van der Waals surface area contributed by atoms with Gasteiger partial charge in [0.1, 0.15) is 0 Å². The maximum Gasteiger partial charge on any atom is 0.255 e. The monoisotopic (exact) mass is 427 g/mol. The SMILES string of the molecule is Cc1c(NC(=O)c2ccccc2)cccc1NC(=O)c1cccc(NC(=O)C2CC2C)c1. The molecule has 6 nitrogen and oxygen atoms in total. The Hall–Kier alpha value is -3.93. The Morgan fingerprint density at radius 1 is 0.750 bits per heavy atom. The summed E-state index contributed by atoms with van der Waals surface area (Å²) < 4.78 is 0. The third kappa shape index (κ3) is 4.86. The summed E-state index contributed by atoms with van der Waals surface area (Å²) in [5.74, 6) is -0.0445. The van der Waals surface area contributed by atoms with Gasteiger partial charge in [0.05, 0.1) is 0 Å². The first-order valence-electron chi connectivity index (χ1n) is 10.6. The Labute approximate surface area is 187 Å². The highest BCUT2D eigenvalue weighted by molar-refractivity contribution is 6.08. The molecule has 0 aromatic heterocycles. The minimum absolute atomic E-state index is 0.00670. The molecule has 1 aliphatic rings. The maximum atomic E-state index is 12.8. The van der Waals surface area contributed by atoms with Gasteiger partial charge < -0.3 is 16.0 Å². The van der Waals surface area contributed by atoms with Crippen LogP contribution in [0.3, 0.4) is 0 Å². The van der Waals surface area contributed by atoms with Gasteiger partial charge in [-0.15, -0.1) is 0 Å². The summed E-state index contributed by atoms with van der Waals surface area (Å²) in [6, 6.07) is 21.2. The number of hydrogen-bond donors (Lipinski definition) is 3. The smallest absolute Gasteiger partial charge is 0.255 e. The Balaban J connectivity index is 1.45. The number of rotatable bonds is 6. The summed E-state index contributed by atoms with van der Waals surface area (Å²) in [5, 5.41) is 8.68. The van der Waals surface area contributed by atoms with Gasteiger partial charge in [0, 0.05) is 34.1 Å². The summed E-state index contributed by atoms with van der Waals surface area (Å²) in [4.78, 5) is 37.5. The van der Waals surface area contributed by atoms with Crippen LogP contribution in [0.4, 0.5) is 17.1 Å². The minimum Gasteiger partial charge on any atom is -0.326 e. The van der Waals surface area contributed by atoms with E-state index in [0.717, 1.165) is 12.0 Å². The molecule has 3 aromatic rings. The molecular formula is C26H25N3O3. The van der Waals surface area contributed by atoms with Crippen LogP contribution in [0.25, 0.3) is 0 Å². The lowest BCUT2D eigenvalue weighted by atomic mass is 10.1. The first kappa shape index (κ1) is 21.3. The fourth-order valence-corrected chi connectivity index (χ4v) is 3.55. The lowest BCUT2D eigenvalue weighted by Gasteiger charge is -2.14. The van der Waals surface area contributed by atoms with E-state index in [1.54, 1.807) is 66.7 Å². The van der Waals surface area contributed by atoms with Crippen molar-refractivity contribution in [1.29, 1.82) is 0 Å². The molecule has 2 atom stereocenters. The van der Waals surface area contributed by atoms with Crippen LogP contribution in [0.5, 0.6) is 0 Å². The highest BCUT2D eigenvalue weighted by Gasteiger charge is 2.39. The molecule has 3 amide bonds. The number of anilines is 3. The summed E-state index contributed by atoms with van der Waals surface area (Å²) in [5.41, 5.74) is 3.56. The van der Waals surface area contributed by atoms with Crippen molar-refractivity contribution < 1.29 is 14.4 Å². The Morgan fingerprint density at radius 3 is 1.94 bits per heavy atom. The molecule has 0 bridgehead atoms. The van der Waals surface area contributed by atoms with E-state index in [4.69, 9.17) is 0 Å². The van der Waals surface area contributed by atoms with Crippen molar-refractivity contribution >= 4 is 34.8 Å². The van der Waals surface area contributed by atoms with Crippen LogP contribution in [0, 0.1) is 18.8 Å². The van der Waals surface area contributed by atoms with E-state index >= 15 is 0 Å². The van der Waals surface area contributed by atoms with Crippen molar-refractivity contribution in [1.82, 2.24) is 0 Å². The predicted octanol–water partition coefficient (Wildman–Crippen LogP) is 5.09. The number of carbonyl (C=O) groups is 3. The van der Waals surface area contributed by atoms with E-state index in [2.05, 4.69) is 16.0 Å². The average Bonchev–Trinajstić information content (AvgIpc) is 3.54. The molecule has 1 fully saturated rings. The van der Waals surface area contributed by atoms with Gasteiger partial charge in [0.25, 0.3) is 11.8 Å². The fraction of sp³-hybridized carbons (Fsp3) is 0.192. The zero-order chi connectivity index (χ0) is 22.7. The van der Waals surface area contributed by atoms with Gasteiger partial charge >= 0.3 is 0 Å². The highest BCUT2D eigenvalue weighted by atomic mass is 16.2. The van der Waals surface area contributed by atoms with Crippen LogP contribution >= 0.6 is 0 Å². The molecular weight excluding hydrogens is 402 g/mol. The number of amides is 3. The molecule has 162 valence electrons. The van der Waals surface area contributed by atoms with Crippen LogP contribution in [-0.2, 0) is 4.79 Å². The Bertz CT molecular complexity index is 1170. The van der Waals surface area contributed by atoms with Crippen molar-refractivity contribution in [2.75, 3.05) is 16.0 Å². The molecule has 0 spiro atoms. The molecule has 4 rings (SSSR count). The fourth-order valence-electron chi connectivity index (χ4n) is 3.55.